The van der Waals surface area contributed by atoms with E-state index in [0.29, 0.717) is 42.1 Å². The molecule has 8 nitrogen and oxygen atoms in total. The number of rotatable bonds is 9. The van der Waals surface area contributed by atoms with E-state index in [9.17, 15) is 14.7 Å². The lowest BCUT2D eigenvalue weighted by atomic mass is 9.84. The van der Waals surface area contributed by atoms with E-state index in [-0.39, 0.29) is 23.5 Å². The Morgan fingerprint density at radius 3 is 2.51 bits per heavy atom. The minimum Gasteiger partial charge on any atom is -0.507 e. The van der Waals surface area contributed by atoms with Gasteiger partial charge < -0.3 is 28.7 Å². The highest BCUT2D eigenvalue weighted by molar-refractivity contribution is 5.93. The molecule has 1 aliphatic rings. The van der Waals surface area contributed by atoms with Gasteiger partial charge in [0.05, 0.1) is 32.3 Å². The smallest absolute Gasteiger partial charge is 0.343 e. The molecule has 0 amide bonds. The molecular formula is C35H33NO7. The molecule has 0 aliphatic heterocycles. The Hall–Kier alpha value is -4.98. The molecule has 1 aliphatic carbocycles. The Kier molecular flexibility index (Phi) is 7.92. The van der Waals surface area contributed by atoms with Crippen molar-refractivity contribution in [1.29, 1.82) is 0 Å². The monoisotopic (exact) mass is 579 g/mol. The lowest BCUT2D eigenvalue weighted by Gasteiger charge is -2.23. The fraction of sp³-hybridized carbons (Fsp3) is 0.257. The van der Waals surface area contributed by atoms with Crippen molar-refractivity contribution in [3.63, 3.8) is 0 Å². The van der Waals surface area contributed by atoms with E-state index in [1.54, 1.807) is 18.2 Å². The first-order chi connectivity index (χ1) is 21.0. The van der Waals surface area contributed by atoms with Gasteiger partial charge in [-0.25, -0.2) is 9.59 Å². The molecule has 3 aromatic carbocycles. The summed E-state index contributed by atoms with van der Waals surface area (Å²) in [5.74, 6) is 0.139. The second-order valence-corrected chi connectivity index (χ2v) is 10.6. The Morgan fingerprint density at radius 2 is 1.72 bits per heavy atom. The number of para-hydroxylation sites is 2. The van der Waals surface area contributed by atoms with Gasteiger partial charge in [0, 0.05) is 35.0 Å². The Balaban J connectivity index is 1.42. The number of carbonyl (C=O) groups is 1. The number of aromatic amines is 1. The number of nitrogens with one attached hydrogen (secondary N) is 1. The van der Waals surface area contributed by atoms with Crippen molar-refractivity contribution in [2.24, 2.45) is 0 Å². The number of aryl methyl sites for hydroxylation is 1. The maximum Gasteiger partial charge on any atom is 0.343 e. The molecule has 0 saturated carbocycles. The van der Waals surface area contributed by atoms with Gasteiger partial charge in [0.25, 0.3) is 0 Å². The van der Waals surface area contributed by atoms with Gasteiger partial charge in [-0.1, -0.05) is 54.6 Å². The van der Waals surface area contributed by atoms with E-state index >= 15 is 0 Å². The number of fused-ring (bicyclic) bond motifs is 2. The van der Waals surface area contributed by atoms with Crippen molar-refractivity contribution < 1.29 is 28.5 Å². The number of H-pyrrole nitrogens is 1. The molecule has 2 aromatic heterocycles. The van der Waals surface area contributed by atoms with Gasteiger partial charge in [-0.3, -0.25) is 0 Å². The van der Waals surface area contributed by atoms with Crippen molar-refractivity contribution in [3.8, 4) is 17.2 Å². The van der Waals surface area contributed by atoms with E-state index in [0.717, 1.165) is 40.6 Å². The highest BCUT2D eigenvalue weighted by atomic mass is 16.5. The molecule has 2 N–H and O–H groups in total. The molecule has 0 fully saturated rings. The Bertz CT molecular complexity index is 1840. The number of ether oxygens (including phenoxy) is 3. The van der Waals surface area contributed by atoms with Crippen LogP contribution in [0, 0.1) is 0 Å². The number of esters is 1. The lowest BCUT2D eigenvalue weighted by molar-refractivity contribution is 0.0505. The number of aromatic hydroxyl groups is 1. The molecular weight excluding hydrogens is 546 g/mol. The number of hydrogen-bond acceptors (Lipinski definition) is 7. The van der Waals surface area contributed by atoms with Crippen LogP contribution < -0.4 is 15.1 Å². The fourth-order valence-electron chi connectivity index (χ4n) is 6.15. The first kappa shape index (κ1) is 28.2. The minimum atomic E-state index is -0.638. The first-order valence-electron chi connectivity index (χ1n) is 14.4. The van der Waals surface area contributed by atoms with E-state index in [2.05, 4.69) is 4.98 Å². The van der Waals surface area contributed by atoms with Gasteiger partial charge in [-0.2, -0.15) is 0 Å². The highest BCUT2D eigenvalue weighted by Crippen LogP contribution is 2.42. The van der Waals surface area contributed by atoms with Crippen LogP contribution in [0.2, 0.25) is 0 Å². The normalized spacial score (nSPS) is 13.3. The van der Waals surface area contributed by atoms with Gasteiger partial charge >= 0.3 is 11.6 Å². The van der Waals surface area contributed by atoms with Crippen molar-refractivity contribution in [2.45, 2.75) is 38.0 Å². The SMILES string of the molecule is COc1cccc(C(=O)OCCc2c(C(c3ccccc3)c3c(O)c4c(oc3=O)CCCC4)[nH]c3ccccc23)c1OC. The molecule has 5 aromatic rings. The van der Waals surface area contributed by atoms with E-state index in [1.807, 2.05) is 54.6 Å². The van der Waals surface area contributed by atoms with E-state index < -0.39 is 17.5 Å². The number of hydrogen-bond donors (Lipinski definition) is 2. The highest BCUT2D eigenvalue weighted by Gasteiger charge is 2.32. The summed E-state index contributed by atoms with van der Waals surface area (Å²) < 4.78 is 22.3. The van der Waals surface area contributed by atoms with Crippen molar-refractivity contribution in [1.82, 2.24) is 4.98 Å². The molecule has 220 valence electrons. The summed E-state index contributed by atoms with van der Waals surface area (Å²) in [6.07, 6.45) is 3.49. The Labute approximate surface area is 248 Å². The second-order valence-electron chi connectivity index (χ2n) is 10.6. The average molecular weight is 580 g/mol. The molecule has 43 heavy (non-hydrogen) atoms. The summed E-state index contributed by atoms with van der Waals surface area (Å²) in [6.45, 7) is 0.0698. The van der Waals surface area contributed by atoms with Crippen LogP contribution >= 0.6 is 0 Å². The summed E-state index contributed by atoms with van der Waals surface area (Å²) in [5.41, 5.74) is 3.95. The van der Waals surface area contributed by atoms with Crippen LogP contribution in [-0.4, -0.2) is 36.9 Å². The van der Waals surface area contributed by atoms with E-state index in [1.165, 1.54) is 14.2 Å². The molecule has 0 bridgehead atoms. The summed E-state index contributed by atoms with van der Waals surface area (Å²) in [4.78, 5) is 30.2. The van der Waals surface area contributed by atoms with Gasteiger partial charge in [0.2, 0.25) is 0 Å². The third-order valence-electron chi connectivity index (χ3n) is 8.16. The standard InChI is InChI=1S/C35H33NO7/c1-40-28-18-10-15-25(33(28)41-2)34(38)42-20-19-23-22-13-6-8-16-26(22)36-31(23)29(21-11-4-3-5-12-21)30-32(37)24-14-7-9-17-27(24)43-35(30)39/h3-6,8,10-13,15-16,18,29,36-37H,7,9,14,17,19-20H2,1-2H3. The topological polar surface area (TPSA) is 111 Å². The lowest BCUT2D eigenvalue weighted by Crippen LogP contribution is -2.20. The van der Waals surface area contributed by atoms with Crippen LogP contribution in [0.5, 0.6) is 17.2 Å². The van der Waals surface area contributed by atoms with Crippen LogP contribution in [-0.2, 0) is 24.0 Å². The van der Waals surface area contributed by atoms with Crippen molar-refractivity contribution in [2.75, 3.05) is 20.8 Å². The molecule has 0 spiro atoms. The average Bonchev–Trinajstić information content (AvgIpc) is 3.40. The predicted molar refractivity (Wildman–Crippen MR) is 163 cm³/mol. The summed E-state index contributed by atoms with van der Waals surface area (Å²) in [5, 5.41) is 12.5. The second kappa shape index (κ2) is 12.1. The fourth-order valence-corrected chi connectivity index (χ4v) is 6.15. The summed E-state index contributed by atoms with van der Waals surface area (Å²) in [7, 11) is 2.98. The van der Waals surface area contributed by atoms with Gasteiger partial charge in [-0.15, -0.1) is 0 Å². The zero-order valence-electron chi connectivity index (χ0n) is 24.1. The molecule has 1 atom stereocenters. The zero-order valence-corrected chi connectivity index (χ0v) is 24.1. The largest absolute Gasteiger partial charge is 0.507 e. The van der Waals surface area contributed by atoms with Crippen molar-refractivity contribution >= 4 is 16.9 Å². The van der Waals surface area contributed by atoms with Crippen LogP contribution in [0.15, 0.2) is 82.0 Å². The predicted octanol–water partition coefficient (Wildman–Crippen LogP) is 6.30. The molecule has 2 heterocycles. The van der Waals surface area contributed by atoms with Crippen LogP contribution in [0.4, 0.5) is 0 Å². The molecule has 8 heteroatoms. The van der Waals surface area contributed by atoms with Crippen LogP contribution in [0.3, 0.4) is 0 Å². The van der Waals surface area contributed by atoms with Crippen LogP contribution in [0.25, 0.3) is 10.9 Å². The molecule has 6 rings (SSSR count). The summed E-state index contributed by atoms with van der Waals surface area (Å²) in [6, 6.07) is 22.5. The molecule has 0 saturated heterocycles. The third-order valence-corrected chi connectivity index (χ3v) is 8.16. The van der Waals surface area contributed by atoms with Crippen molar-refractivity contribution in [3.05, 3.63) is 122 Å². The van der Waals surface area contributed by atoms with Gasteiger partial charge in [0.1, 0.15) is 17.1 Å². The van der Waals surface area contributed by atoms with E-state index in [4.69, 9.17) is 18.6 Å². The number of methoxy groups -OCH3 is 2. The van der Waals surface area contributed by atoms with Gasteiger partial charge in [-0.05, 0) is 48.6 Å². The Morgan fingerprint density at radius 1 is 0.953 bits per heavy atom. The van der Waals surface area contributed by atoms with Gasteiger partial charge in [0.15, 0.2) is 11.5 Å². The first-order valence-corrected chi connectivity index (χ1v) is 14.4. The quantitative estimate of drug-likeness (QED) is 0.197. The zero-order chi connectivity index (χ0) is 29.9. The number of carbonyl (C=O) groups excluding carboxylic acids is 1. The molecule has 1 unspecified atom stereocenters. The molecule has 0 radical (unpaired) electrons. The third kappa shape index (κ3) is 5.25. The minimum absolute atomic E-state index is 0.000886. The summed E-state index contributed by atoms with van der Waals surface area (Å²) >= 11 is 0. The number of aromatic nitrogens is 1. The maximum absolute atomic E-state index is 13.6. The maximum atomic E-state index is 13.6. The number of benzene rings is 3. The van der Waals surface area contributed by atoms with Crippen LogP contribution in [0.1, 0.15) is 62.8 Å².